The van der Waals surface area contributed by atoms with Crippen molar-refractivity contribution in [2.75, 3.05) is 0 Å². The predicted octanol–water partition coefficient (Wildman–Crippen LogP) is 3.36. The van der Waals surface area contributed by atoms with Gasteiger partial charge in [0, 0.05) is 23.1 Å². The molecule has 0 aromatic carbocycles. The highest BCUT2D eigenvalue weighted by Gasteiger charge is 2.21. The van der Waals surface area contributed by atoms with E-state index in [1.54, 1.807) is 12.1 Å². The Morgan fingerprint density at radius 3 is 2.85 bits per heavy atom. The van der Waals surface area contributed by atoms with Gasteiger partial charge in [0.1, 0.15) is 0 Å². The summed E-state index contributed by atoms with van der Waals surface area (Å²) in [6.07, 6.45) is 7.67. The van der Waals surface area contributed by atoms with E-state index in [2.05, 4.69) is 12.2 Å². The van der Waals surface area contributed by atoms with Crippen molar-refractivity contribution in [2.45, 2.75) is 38.6 Å². The third-order valence-corrected chi connectivity index (χ3v) is 4.63. The fourth-order valence-electron chi connectivity index (χ4n) is 2.45. The van der Waals surface area contributed by atoms with Crippen LogP contribution in [0.1, 0.15) is 37.5 Å². The van der Waals surface area contributed by atoms with E-state index in [0.29, 0.717) is 10.8 Å². The van der Waals surface area contributed by atoms with Crippen LogP contribution >= 0.6 is 11.3 Å². The van der Waals surface area contributed by atoms with Crippen LogP contribution in [0.3, 0.4) is 0 Å². The Balaban J connectivity index is 1.89. The molecule has 1 fully saturated rings. The van der Waals surface area contributed by atoms with Crippen LogP contribution in [0, 0.1) is 16.0 Å². The second kappa shape index (κ2) is 6.65. The van der Waals surface area contributed by atoms with Gasteiger partial charge in [-0.2, -0.15) is 0 Å². The van der Waals surface area contributed by atoms with Crippen LogP contribution in [-0.2, 0) is 4.79 Å². The van der Waals surface area contributed by atoms with Crippen LogP contribution in [0.15, 0.2) is 18.2 Å². The summed E-state index contributed by atoms with van der Waals surface area (Å²) in [6.45, 7) is 2.16. The molecular weight excluding hydrogens is 276 g/mol. The summed E-state index contributed by atoms with van der Waals surface area (Å²) in [5.41, 5.74) is 0. The number of nitrogens with zero attached hydrogens (tertiary/aromatic N) is 1. The highest BCUT2D eigenvalue weighted by Crippen LogP contribution is 2.25. The highest BCUT2D eigenvalue weighted by molar-refractivity contribution is 7.16. The third-order valence-electron chi connectivity index (χ3n) is 3.63. The van der Waals surface area contributed by atoms with E-state index in [1.807, 2.05) is 0 Å². The summed E-state index contributed by atoms with van der Waals surface area (Å²) in [5.74, 6) is 0.392. The van der Waals surface area contributed by atoms with Crippen molar-refractivity contribution in [3.63, 3.8) is 0 Å². The molecule has 1 N–H and O–H groups in total. The summed E-state index contributed by atoms with van der Waals surface area (Å²) in [7, 11) is 0. The maximum absolute atomic E-state index is 11.8. The lowest BCUT2D eigenvalue weighted by atomic mass is 9.86. The summed E-state index contributed by atoms with van der Waals surface area (Å²) < 4.78 is 0. The Hall–Kier alpha value is -1.69. The van der Waals surface area contributed by atoms with Crippen molar-refractivity contribution in [2.24, 2.45) is 5.92 Å². The summed E-state index contributed by atoms with van der Waals surface area (Å²) in [5, 5.41) is 13.7. The molecule has 20 heavy (non-hydrogen) atoms. The molecule has 1 aromatic heterocycles. The first kappa shape index (κ1) is 14.7. The van der Waals surface area contributed by atoms with Crippen LogP contribution in [0.2, 0.25) is 0 Å². The normalized spacial score (nSPS) is 22.9. The van der Waals surface area contributed by atoms with E-state index in [9.17, 15) is 14.9 Å². The average Bonchev–Trinajstić information content (AvgIpc) is 2.88. The summed E-state index contributed by atoms with van der Waals surface area (Å²) >= 11 is 1.06. The molecule has 1 amide bonds. The van der Waals surface area contributed by atoms with E-state index < -0.39 is 4.92 Å². The second-order valence-electron chi connectivity index (χ2n) is 5.14. The maximum atomic E-state index is 11.8. The summed E-state index contributed by atoms with van der Waals surface area (Å²) in [6, 6.07) is 3.35. The zero-order valence-corrected chi connectivity index (χ0v) is 12.2. The molecule has 2 rings (SSSR count). The van der Waals surface area contributed by atoms with Crippen LogP contribution in [-0.4, -0.2) is 16.9 Å². The van der Waals surface area contributed by atoms with E-state index in [-0.39, 0.29) is 17.0 Å². The Morgan fingerprint density at radius 1 is 1.45 bits per heavy atom. The fraction of sp³-hybridized carbons (Fsp3) is 0.500. The number of carbonyl (C=O) groups excluding carboxylic acids is 1. The van der Waals surface area contributed by atoms with Crippen LogP contribution in [0.4, 0.5) is 5.00 Å². The van der Waals surface area contributed by atoms with Gasteiger partial charge in [0.25, 0.3) is 0 Å². The first-order valence-electron chi connectivity index (χ1n) is 6.79. The molecule has 1 aliphatic rings. The molecule has 0 saturated heterocycles. The van der Waals surface area contributed by atoms with Crippen molar-refractivity contribution in [3.05, 3.63) is 33.2 Å². The van der Waals surface area contributed by atoms with Gasteiger partial charge in [-0.3, -0.25) is 14.9 Å². The Labute approximate surface area is 121 Å². The molecule has 1 aromatic rings. The lowest BCUT2D eigenvalue weighted by molar-refractivity contribution is -0.380. The van der Waals surface area contributed by atoms with Crippen molar-refractivity contribution < 1.29 is 9.72 Å². The van der Waals surface area contributed by atoms with Gasteiger partial charge in [-0.15, -0.1) is 0 Å². The van der Waals surface area contributed by atoms with Gasteiger partial charge in [-0.05, 0) is 30.9 Å². The minimum absolute atomic E-state index is 0.0889. The van der Waals surface area contributed by atoms with E-state index >= 15 is 0 Å². The molecule has 0 radical (unpaired) electrons. The smallest absolute Gasteiger partial charge is 0.324 e. The van der Waals surface area contributed by atoms with Crippen LogP contribution < -0.4 is 5.32 Å². The minimum atomic E-state index is -0.425. The number of amides is 1. The first-order chi connectivity index (χ1) is 9.56. The zero-order chi connectivity index (χ0) is 14.5. The minimum Gasteiger partial charge on any atom is -0.350 e. The molecule has 1 saturated carbocycles. The Bertz CT molecular complexity index is 524. The van der Waals surface area contributed by atoms with Crippen molar-refractivity contribution in [3.8, 4) is 0 Å². The number of hydrogen-bond acceptors (Lipinski definition) is 4. The predicted molar refractivity (Wildman–Crippen MR) is 79.6 cm³/mol. The quantitative estimate of drug-likeness (QED) is 0.525. The molecule has 2 unspecified atom stereocenters. The standard InChI is InChI=1S/C14H18N2O3S/c1-10-4-2-3-5-12(10)15-13(17)8-6-11-7-9-14(20-11)16(18)19/h6-10,12H,2-5H2,1H3,(H,15,17)/b8-6+. The number of rotatable bonds is 4. The largest absolute Gasteiger partial charge is 0.350 e. The van der Waals surface area contributed by atoms with Gasteiger partial charge in [-0.25, -0.2) is 0 Å². The summed E-state index contributed by atoms with van der Waals surface area (Å²) in [4.78, 5) is 22.7. The van der Waals surface area contributed by atoms with E-state index in [0.717, 1.165) is 30.6 Å². The van der Waals surface area contributed by atoms with Gasteiger partial charge in [-0.1, -0.05) is 31.1 Å². The van der Waals surface area contributed by atoms with E-state index in [4.69, 9.17) is 0 Å². The molecule has 108 valence electrons. The monoisotopic (exact) mass is 294 g/mol. The van der Waals surface area contributed by atoms with Gasteiger partial charge < -0.3 is 5.32 Å². The van der Waals surface area contributed by atoms with Gasteiger partial charge in [0.05, 0.1) is 4.92 Å². The lowest BCUT2D eigenvalue weighted by Crippen LogP contribution is -2.40. The molecule has 1 heterocycles. The van der Waals surface area contributed by atoms with E-state index in [1.165, 1.54) is 18.6 Å². The zero-order valence-electron chi connectivity index (χ0n) is 11.4. The van der Waals surface area contributed by atoms with Crippen molar-refractivity contribution in [1.82, 2.24) is 5.32 Å². The Morgan fingerprint density at radius 2 is 2.20 bits per heavy atom. The molecule has 1 aliphatic carbocycles. The highest BCUT2D eigenvalue weighted by atomic mass is 32.1. The molecule has 2 atom stereocenters. The van der Waals surface area contributed by atoms with Gasteiger partial charge in [0.2, 0.25) is 5.91 Å². The molecule has 0 spiro atoms. The second-order valence-corrected chi connectivity index (χ2v) is 6.24. The number of nitrogens with one attached hydrogen (secondary N) is 1. The number of carbonyl (C=O) groups is 1. The lowest BCUT2D eigenvalue weighted by Gasteiger charge is -2.29. The number of thiophene rings is 1. The van der Waals surface area contributed by atoms with Crippen LogP contribution in [0.5, 0.6) is 0 Å². The van der Waals surface area contributed by atoms with Gasteiger partial charge >= 0.3 is 5.00 Å². The molecule has 0 bridgehead atoms. The number of nitro groups is 1. The van der Waals surface area contributed by atoms with Crippen LogP contribution in [0.25, 0.3) is 6.08 Å². The maximum Gasteiger partial charge on any atom is 0.324 e. The third kappa shape index (κ3) is 3.90. The Kier molecular flexibility index (Phi) is 4.89. The van der Waals surface area contributed by atoms with Crippen molar-refractivity contribution in [1.29, 1.82) is 0 Å². The number of hydrogen-bond donors (Lipinski definition) is 1. The average molecular weight is 294 g/mol. The topological polar surface area (TPSA) is 72.2 Å². The molecule has 5 nitrogen and oxygen atoms in total. The fourth-order valence-corrected chi connectivity index (χ4v) is 3.17. The molecular formula is C14H18N2O3S. The first-order valence-corrected chi connectivity index (χ1v) is 7.60. The SMILES string of the molecule is CC1CCCCC1NC(=O)/C=C/c1ccc([N+](=O)[O-])s1. The molecule has 0 aliphatic heterocycles. The van der Waals surface area contributed by atoms with Crippen molar-refractivity contribution >= 4 is 28.3 Å². The molecule has 6 heteroatoms. The van der Waals surface area contributed by atoms with Gasteiger partial charge in [0.15, 0.2) is 0 Å².